The minimum absolute atomic E-state index is 0.208. The highest BCUT2D eigenvalue weighted by Crippen LogP contribution is 2.31. The van der Waals surface area contributed by atoms with E-state index in [2.05, 4.69) is 4.40 Å². The summed E-state index contributed by atoms with van der Waals surface area (Å²) in [6, 6.07) is 11.5. The van der Waals surface area contributed by atoms with E-state index in [-0.39, 0.29) is 5.91 Å². The summed E-state index contributed by atoms with van der Waals surface area (Å²) in [5.74, 6) is -0.630. The van der Waals surface area contributed by atoms with Crippen molar-refractivity contribution < 1.29 is 13.7 Å². The van der Waals surface area contributed by atoms with Gasteiger partial charge in [-0.15, -0.1) is 0 Å². The highest BCUT2D eigenvalue weighted by atomic mass is 32.2. The van der Waals surface area contributed by atoms with Crippen LogP contribution < -0.4 is 4.90 Å². The average molecular weight is 386 g/mol. The van der Waals surface area contributed by atoms with Crippen LogP contribution in [0.25, 0.3) is 0 Å². The molecule has 1 amide bonds. The van der Waals surface area contributed by atoms with Gasteiger partial charge in [0.15, 0.2) is 0 Å². The molecule has 0 saturated carbocycles. The van der Waals surface area contributed by atoms with Crippen LogP contribution in [0, 0.1) is 5.82 Å². The maximum atomic E-state index is 13.4. The molecule has 0 aromatic heterocycles. The highest BCUT2D eigenvalue weighted by Gasteiger charge is 2.28. The number of amides is 1. The van der Waals surface area contributed by atoms with Gasteiger partial charge in [0.25, 0.3) is 5.91 Å². The van der Waals surface area contributed by atoms with E-state index >= 15 is 0 Å². The Kier molecular flexibility index (Phi) is 5.40. The molecular formula is C21H23FN2O2S. The Morgan fingerprint density at radius 2 is 1.93 bits per heavy atom. The molecule has 0 unspecified atom stereocenters. The Morgan fingerprint density at radius 3 is 2.59 bits per heavy atom. The molecule has 1 heterocycles. The van der Waals surface area contributed by atoms with Crippen LogP contribution in [0.15, 0.2) is 46.9 Å². The molecule has 0 saturated heterocycles. The molecule has 0 spiro atoms. The van der Waals surface area contributed by atoms with E-state index in [1.54, 1.807) is 11.0 Å². The van der Waals surface area contributed by atoms with Gasteiger partial charge in [0, 0.05) is 23.4 Å². The number of nitrogens with zero attached hydrogens (tertiary/aromatic N) is 2. The molecule has 1 aliphatic rings. The number of halogens is 1. The quantitative estimate of drug-likeness (QED) is 0.583. The second kappa shape index (κ2) is 7.44. The number of anilines is 1. The van der Waals surface area contributed by atoms with Crippen LogP contribution in [0.2, 0.25) is 0 Å². The smallest absolute Gasteiger partial charge is 0.258 e. The Morgan fingerprint density at radius 1 is 1.19 bits per heavy atom. The zero-order chi connectivity index (χ0) is 19.8. The summed E-state index contributed by atoms with van der Waals surface area (Å²) in [4.78, 5) is 14.4. The van der Waals surface area contributed by atoms with Crippen LogP contribution in [-0.4, -0.2) is 27.5 Å². The molecule has 1 aliphatic heterocycles. The maximum absolute atomic E-state index is 13.4. The molecule has 0 N–H and O–H groups in total. The van der Waals surface area contributed by atoms with Crippen LogP contribution in [0.5, 0.6) is 0 Å². The number of benzene rings is 2. The van der Waals surface area contributed by atoms with Gasteiger partial charge in [-0.3, -0.25) is 4.79 Å². The van der Waals surface area contributed by atoms with E-state index in [4.69, 9.17) is 0 Å². The third kappa shape index (κ3) is 4.22. The standard InChI is InChI=1S/C21H23FN2O2S/c1-14(23-27(26)21(2,3)4)15-8-9-19-16(12-15)10-11-24(19)20(25)17-6-5-7-18(22)13-17/h5-9,12-13H,10-11H2,1-4H3/t27-/m1/s1. The highest BCUT2D eigenvalue weighted by molar-refractivity contribution is 7.91. The maximum Gasteiger partial charge on any atom is 0.258 e. The number of hydrogen-bond acceptors (Lipinski definition) is 3. The van der Waals surface area contributed by atoms with Crippen molar-refractivity contribution in [3.05, 3.63) is 65.0 Å². The van der Waals surface area contributed by atoms with Crippen LogP contribution in [-0.2, 0) is 17.8 Å². The lowest BCUT2D eigenvalue weighted by Crippen LogP contribution is -2.28. The summed E-state index contributed by atoms with van der Waals surface area (Å²) in [7, 11) is 0. The lowest BCUT2D eigenvalue weighted by Gasteiger charge is -2.19. The fraction of sp³-hybridized carbons (Fsp3) is 0.333. The zero-order valence-electron chi connectivity index (χ0n) is 16.0. The molecular weight excluding hydrogens is 363 g/mol. The van der Waals surface area contributed by atoms with Crippen molar-refractivity contribution in [3.8, 4) is 0 Å². The minimum atomic E-state index is -1.32. The second-order valence-corrected chi connectivity index (χ2v) is 9.50. The first kappa shape index (κ1) is 19.6. The van der Waals surface area contributed by atoms with E-state index in [9.17, 15) is 13.7 Å². The average Bonchev–Trinajstić information content (AvgIpc) is 3.03. The van der Waals surface area contributed by atoms with Crippen molar-refractivity contribution in [3.63, 3.8) is 0 Å². The lowest BCUT2D eigenvalue weighted by molar-refractivity contribution is 0.0989. The number of hydrogen-bond donors (Lipinski definition) is 0. The van der Waals surface area contributed by atoms with Gasteiger partial charge in [0.05, 0.1) is 5.71 Å². The predicted molar refractivity (Wildman–Crippen MR) is 108 cm³/mol. The predicted octanol–water partition coefficient (Wildman–Crippen LogP) is 4.30. The topological polar surface area (TPSA) is 55.7 Å². The van der Waals surface area contributed by atoms with Gasteiger partial charge in [0.2, 0.25) is 0 Å². The van der Waals surface area contributed by atoms with E-state index in [1.165, 1.54) is 18.2 Å². The second-order valence-electron chi connectivity index (χ2n) is 7.60. The molecule has 142 valence electrons. The van der Waals surface area contributed by atoms with E-state index in [0.717, 1.165) is 23.2 Å². The molecule has 0 aliphatic carbocycles. The van der Waals surface area contributed by atoms with Crippen molar-refractivity contribution >= 4 is 28.7 Å². The Hall–Kier alpha value is -2.18. The van der Waals surface area contributed by atoms with Crippen molar-refractivity contribution in [1.82, 2.24) is 0 Å². The van der Waals surface area contributed by atoms with Crippen LogP contribution in [0.4, 0.5) is 10.1 Å². The van der Waals surface area contributed by atoms with E-state index in [0.29, 0.717) is 17.8 Å². The summed E-state index contributed by atoms with van der Waals surface area (Å²) in [5.41, 5.74) is 3.81. The van der Waals surface area contributed by atoms with Crippen molar-refractivity contribution in [2.45, 2.75) is 38.9 Å². The van der Waals surface area contributed by atoms with E-state index in [1.807, 2.05) is 45.9 Å². The Bertz CT molecular complexity index is 905. The number of fused-ring (bicyclic) bond motifs is 1. The van der Waals surface area contributed by atoms with Gasteiger partial charge in [-0.1, -0.05) is 16.5 Å². The fourth-order valence-corrected chi connectivity index (χ4v) is 3.56. The van der Waals surface area contributed by atoms with Crippen molar-refractivity contribution in [1.29, 1.82) is 0 Å². The van der Waals surface area contributed by atoms with Gasteiger partial charge in [-0.25, -0.2) is 4.39 Å². The monoisotopic (exact) mass is 386 g/mol. The molecule has 0 bridgehead atoms. The summed E-state index contributed by atoms with van der Waals surface area (Å²) in [6.45, 7) is 8.06. The number of carbonyl (C=O) groups excluding carboxylic acids is 1. The fourth-order valence-electron chi connectivity index (χ4n) is 2.93. The van der Waals surface area contributed by atoms with Crippen LogP contribution in [0.1, 0.15) is 49.2 Å². The summed E-state index contributed by atoms with van der Waals surface area (Å²) in [6.07, 6.45) is 0.722. The van der Waals surface area contributed by atoms with Crippen LogP contribution in [0.3, 0.4) is 0 Å². The first-order valence-electron chi connectivity index (χ1n) is 8.85. The summed E-state index contributed by atoms with van der Waals surface area (Å²) in [5, 5.41) is 0. The number of carbonyl (C=O) groups is 1. The third-order valence-electron chi connectivity index (χ3n) is 4.45. The van der Waals surface area contributed by atoms with Gasteiger partial charge in [-0.05, 0) is 70.0 Å². The normalized spacial score (nSPS) is 15.6. The Labute approximate surface area is 162 Å². The minimum Gasteiger partial charge on any atom is -0.591 e. The van der Waals surface area contributed by atoms with Gasteiger partial charge >= 0.3 is 0 Å². The molecule has 4 nitrogen and oxygen atoms in total. The van der Waals surface area contributed by atoms with Crippen molar-refractivity contribution in [2.75, 3.05) is 11.4 Å². The van der Waals surface area contributed by atoms with Gasteiger partial charge < -0.3 is 9.45 Å². The molecule has 0 radical (unpaired) electrons. The molecule has 1 atom stereocenters. The molecule has 6 heteroatoms. The lowest BCUT2D eigenvalue weighted by atomic mass is 10.1. The van der Waals surface area contributed by atoms with Gasteiger partial charge in [0.1, 0.15) is 21.9 Å². The molecule has 2 aromatic rings. The van der Waals surface area contributed by atoms with E-state index < -0.39 is 21.9 Å². The first-order chi connectivity index (χ1) is 12.7. The largest absolute Gasteiger partial charge is 0.591 e. The van der Waals surface area contributed by atoms with Crippen LogP contribution >= 0.6 is 0 Å². The number of rotatable bonds is 3. The molecule has 27 heavy (non-hydrogen) atoms. The SMILES string of the molecule is CC(=N[S@+]([O-])C(C)(C)C)c1ccc2c(c1)CCN2C(=O)c1cccc(F)c1. The first-order valence-corrected chi connectivity index (χ1v) is 9.95. The molecule has 0 fully saturated rings. The van der Waals surface area contributed by atoms with Gasteiger partial charge in [-0.2, -0.15) is 0 Å². The summed E-state index contributed by atoms with van der Waals surface area (Å²) < 4.78 is 29.6. The summed E-state index contributed by atoms with van der Waals surface area (Å²) >= 11 is -1.32. The third-order valence-corrected chi connectivity index (χ3v) is 5.94. The molecule has 2 aromatic carbocycles. The van der Waals surface area contributed by atoms with Crippen molar-refractivity contribution in [2.24, 2.45) is 4.40 Å². The Balaban J connectivity index is 1.85. The molecule has 3 rings (SSSR count). The zero-order valence-corrected chi connectivity index (χ0v) is 16.8.